The lowest BCUT2D eigenvalue weighted by atomic mass is 10.0. The lowest BCUT2D eigenvalue weighted by Crippen LogP contribution is -2.29. The van der Waals surface area contributed by atoms with Crippen LogP contribution in [-0.4, -0.2) is 41.8 Å². The summed E-state index contributed by atoms with van der Waals surface area (Å²) >= 11 is 0. The van der Waals surface area contributed by atoms with Crippen LogP contribution in [-0.2, 0) is 11.3 Å². The first kappa shape index (κ1) is 24.8. The third-order valence-electron chi connectivity index (χ3n) is 7.42. The molecule has 3 aromatic carbocycles. The fourth-order valence-corrected chi connectivity index (χ4v) is 5.04. The van der Waals surface area contributed by atoms with E-state index < -0.39 is 0 Å². The van der Waals surface area contributed by atoms with Gasteiger partial charge in [0.1, 0.15) is 0 Å². The van der Waals surface area contributed by atoms with Crippen molar-refractivity contribution in [1.82, 2.24) is 9.80 Å². The molecule has 6 nitrogen and oxygen atoms in total. The van der Waals surface area contributed by atoms with E-state index in [0.717, 1.165) is 23.4 Å². The van der Waals surface area contributed by atoms with Crippen molar-refractivity contribution in [3.63, 3.8) is 0 Å². The second-order valence-electron chi connectivity index (χ2n) is 9.95. The average Bonchev–Trinajstić information content (AvgIpc) is 3.26. The summed E-state index contributed by atoms with van der Waals surface area (Å²) in [6.45, 7) is 5.34. The summed E-state index contributed by atoms with van der Waals surface area (Å²) in [5, 5.41) is 6.17. The van der Waals surface area contributed by atoms with Gasteiger partial charge < -0.3 is 15.5 Å². The summed E-state index contributed by atoms with van der Waals surface area (Å²) < 4.78 is 0. The van der Waals surface area contributed by atoms with Gasteiger partial charge in [0.05, 0.1) is 11.6 Å². The van der Waals surface area contributed by atoms with Gasteiger partial charge in [0, 0.05) is 42.3 Å². The Labute approximate surface area is 219 Å². The second kappa shape index (κ2) is 11.0. The van der Waals surface area contributed by atoms with Crippen molar-refractivity contribution in [2.75, 3.05) is 30.8 Å². The van der Waals surface area contributed by atoms with Crippen LogP contribution in [0.4, 0.5) is 11.4 Å². The molecule has 3 aromatic rings. The number of benzene rings is 3. The van der Waals surface area contributed by atoms with Gasteiger partial charge in [-0.2, -0.15) is 0 Å². The van der Waals surface area contributed by atoms with E-state index in [-0.39, 0.29) is 17.9 Å². The molecule has 0 bridgehead atoms. The van der Waals surface area contributed by atoms with Crippen LogP contribution in [0.5, 0.6) is 0 Å². The Morgan fingerprint density at radius 1 is 1.03 bits per heavy atom. The molecular weight excluding hydrogens is 460 g/mol. The van der Waals surface area contributed by atoms with Gasteiger partial charge in [-0.1, -0.05) is 48.9 Å². The van der Waals surface area contributed by atoms with Crippen LogP contribution in [0, 0.1) is 0 Å². The Hall–Kier alpha value is -3.90. The Morgan fingerprint density at radius 3 is 2.49 bits per heavy atom. The van der Waals surface area contributed by atoms with E-state index in [1.54, 1.807) is 29.3 Å². The summed E-state index contributed by atoms with van der Waals surface area (Å²) in [6.07, 6.45) is 5.63. The first-order chi connectivity index (χ1) is 18.0. The van der Waals surface area contributed by atoms with Gasteiger partial charge >= 0.3 is 0 Å². The summed E-state index contributed by atoms with van der Waals surface area (Å²) in [6, 6.07) is 23.6. The quantitative estimate of drug-likeness (QED) is 0.401. The van der Waals surface area contributed by atoms with Gasteiger partial charge in [0.25, 0.3) is 11.8 Å². The van der Waals surface area contributed by atoms with Gasteiger partial charge in [-0.15, -0.1) is 0 Å². The highest BCUT2D eigenvalue weighted by Crippen LogP contribution is 2.33. The Kier molecular flexibility index (Phi) is 7.37. The van der Waals surface area contributed by atoms with Crippen molar-refractivity contribution >= 4 is 28.8 Å². The first-order valence-electron chi connectivity index (χ1n) is 13.1. The third-order valence-corrected chi connectivity index (χ3v) is 7.42. The maximum atomic E-state index is 13.3. The van der Waals surface area contributed by atoms with Crippen molar-refractivity contribution in [2.45, 2.75) is 38.8 Å². The number of hydrogen-bond donors (Lipinski definition) is 2. The van der Waals surface area contributed by atoms with E-state index in [2.05, 4.69) is 27.7 Å². The fourth-order valence-electron chi connectivity index (χ4n) is 5.04. The van der Waals surface area contributed by atoms with Crippen molar-refractivity contribution in [2.24, 2.45) is 0 Å². The fraction of sp³-hybridized carbons (Fsp3) is 0.290. The molecule has 2 N–H and O–H groups in total. The molecule has 2 amide bonds. The summed E-state index contributed by atoms with van der Waals surface area (Å²) in [5.74, 6) is -0.269. The Bertz CT molecular complexity index is 1290. The van der Waals surface area contributed by atoms with Crippen LogP contribution in [0.2, 0.25) is 0 Å². The number of carbonyl (C=O) groups excluding carboxylic acids is 2. The van der Waals surface area contributed by atoms with Gasteiger partial charge in [0.15, 0.2) is 0 Å². The van der Waals surface area contributed by atoms with Gasteiger partial charge in [-0.3, -0.25) is 14.5 Å². The standard InChI is InChI=1S/C31H34N4O2/c1-22(24-9-5-3-6-10-24)34(2)31(37)25-13-16-29-27(19-25)28(30(36)33-29)20-32-26-14-11-23(12-15-26)21-35-17-7-4-8-18-35/h3,5-6,9-16,19-20,22,32H,4,7-8,17-18,21H2,1-2H3,(H,33,36)/b28-20-/t22-/m0/s1. The van der Waals surface area contributed by atoms with E-state index in [1.807, 2.05) is 56.4 Å². The summed E-state index contributed by atoms with van der Waals surface area (Å²) in [5.41, 5.74) is 5.79. The molecule has 1 atom stereocenters. The van der Waals surface area contributed by atoms with E-state index in [4.69, 9.17) is 0 Å². The predicted octanol–water partition coefficient (Wildman–Crippen LogP) is 5.91. The smallest absolute Gasteiger partial charge is 0.257 e. The van der Waals surface area contributed by atoms with Gasteiger partial charge in [0.2, 0.25) is 0 Å². The minimum Gasteiger partial charge on any atom is -0.361 e. The molecule has 1 fully saturated rings. The van der Waals surface area contributed by atoms with E-state index in [1.165, 1.54) is 37.9 Å². The minimum absolute atomic E-state index is 0.0729. The number of nitrogens with zero attached hydrogens (tertiary/aromatic N) is 2. The van der Waals surface area contributed by atoms with Crippen LogP contribution in [0.25, 0.3) is 5.57 Å². The highest BCUT2D eigenvalue weighted by atomic mass is 16.2. The minimum atomic E-state index is -0.181. The van der Waals surface area contributed by atoms with Gasteiger partial charge in [-0.25, -0.2) is 0 Å². The molecule has 2 aliphatic heterocycles. The third kappa shape index (κ3) is 5.59. The molecule has 0 saturated carbocycles. The molecule has 6 heteroatoms. The number of hydrogen-bond acceptors (Lipinski definition) is 4. The Balaban J connectivity index is 1.29. The number of piperidine rings is 1. The van der Waals surface area contributed by atoms with Gasteiger partial charge in [-0.05, 0) is 74.3 Å². The monoisotopic (exact) mass is 494 g/mol. The van der Waals surface area contributed by atoms with Crippen molar-refractivity contribution < 1.29 is 9.59 Å². The van der Waals surface area contributed by atoms with Crippen molar-refractivity contribution in [1.29, 1.82) is 0 Å². The lowest BCUT2D eigenvalue weighted by molar-refractivity contribution is -0.110. The SMILES string of the molecule is C[C@@H](c1ccccc1)N(C)C(=O)c1ccc2c(c1)/C(=C/Nc1ccc(CN3CCCCC3)cc1)C(=O)N2. The zero-order chi connectivity index (χ0) is 25.8. The summed E-state index contributed by atoms with van der Waals surface area (Å²) in [4.78, 5) is 30.2. The number of rotatable bonds is 7. The zero-order valence-corrected chi connectivity index (χ0v) is 21.5. The predicted molar refractivity (Wildman–Crippen MR) is 149 cm³/mol. The van der Waals surface area contributed by atoms with Crippen LogP contribution in [0.3, 0.4) is 0 Å². The largest absolute Gasteiger partial charge is 0.361 e. The highest BCUT2D eigenvalue weighted by Gasteiger charge is 2.27. The first-order valence-corrected chi connectivity index (χ1v) is 13.1. The lowest BCUT2D eigenvalue weighted by Gasteiger charge is -2.26. The van der Waals surface area contributed by atoms with Crippen molar-refractivity contribution in [3.05, 3.63) is 101 Å². The number of carbonyl (C=O) groups is 2. The Morgan fingerprint density at radius 2 is 1.76 bits per heavy atom. The second-order valence-corrected chi connectivity index (χ2v) is 9.95. The maximum Gasteiger partial charge on any atom is 0.257 e. The number of nitrogens with one attached hydrogen (secondary N) is 2. The van der Waals surface area contributed by atoms with E-state index in [9.17, 15) is 9.59 Å². The molecule has 190 valence electrons. The average molecular weight is 495 g/mol. The number of fused-ring (bicyclic) bond motifs is 1. The maximum absolute atomic E-state index is 13.3. The van der Waals surface area contributed by atoms with Crippen LogP contribution in [0.1, 0.15) is 59.3 Å². The molecular formula is C31H34N4O2. The molecule has 2 aliphatic rings. The molecule has 5 rings (SSSR count). The van der Waals surface area contributed by atoms with Crippen LogP contribution < -0.4 is 10.6 Å². The molecule has 37 heavy (non-hydrogen) atoms. The summed E-state index contributed by atoms with van der Waals surface area (Å²) in [7, 11) is 1.81. The normalized spacial score (nSPS) is 17.2. The molecule has 0 spiro atoms. The van der Waals surface area contributed by atoms with Crippen molar-refractivity contribution in [3.8, 4) is 0 Å². The van der Waals surface area contributed by atoms with Crippen LogP contribution in [0.15, 0.2) is 79.0 Å². The number of amides is 2. The number of anilines is 2. The van der Waals surface area contributed by atoms with Crippen LogP contribution >= 0.6 is 0 Å². The molecule has 1 saturated heterocycles. The zero-order valence-electron chi connectivity index (χ0n) is 21.5. The topological polar surface area (TPSA) is 64.7 Å². The number of likely N-dealkylation sites (tertiary alicyclic amines) is 1. The van der Waals surface area contributed by atoms with E-state index >= 15 is 0 Å². The highest BCUT2D eigenvalue weighted by molar-refractivity contribution is 6.32. The molecule has 2 heterocycles. The molecule has 0 unspecified atom stereocenters. The molecule has 0 radical (unpaired) electrons. The molecule has 0 aromatic heterocycles. The molecule has 0 aliphatic carbocycles. The van der Waals surface area contributed by atoms with E-state index in [0.29, 0.717) is 16.8 Å².